The van der Waals surface area contributed by atoms with E-state index in [1.165, 1.54) is 30.7 Å². The van der Waals surface area contributed by atoms with Gasteiger partial charge in [0.25, 0.3) is 11.6 Å². The molecule has 0 atom stereocenters. The van der Waals surface area contributed by atoms with Gasteiger partial charge in [0.1, 0.15) is 5.75 Å². The van der Waals surface area contributed by atoms with Crippen LogP contribution in [0.25, 0.3) is 0 Å². The average Bonchev–Trinajstić information content (AvgIpc) is 2.78. The predicted molar refractivity (Wildman–Crippen MR) is 110 cm³/mol. The molecule has 2 aromatic rings. The minimum atomic E-state index is -0.682. The molecular weight excluding hydrogens is 388 g/mol. The molecule has 3 rings (SSSR count). The minimum absolute atomic E-state index is 0.0701. The largest absolute Gasteiger partial charge is 0.482 e. The number of carbonyl (C=O) groups excluding carboxylic acids is 2. The number of ether oxygens (including phenoxy) is 2. The fourth-order valence-electron chi connectivity index (χ4n) is 3.55. The Kier molecular flexibility index (Phi) is 7.37. The maximum atomic E-state index is 12.9. The second-order valence-electron chi connectivity index (χ2n) is 7.09. The Morgan fingerprint density at radius 1 is 0.967 bits per heavy atom. The van der Waals surface area contributed by atoms with Crippen molar-refractivity contribution in [1.29, 1.82) is 0 Å². The van der Waals surface area contributed by atoms with Crippen molar-refractivity contribution in [2.45, 2.75) is 38.1 Å². The zero-order valence-corrected chi connectivity index (χ0v) is 16.6. The van der Waals surface area contributed by atoms with E-state index in [1.54, 1.807) is 4.90 Å². The first kappa shape index (κ1) is 21.3. The molecule has 0 aliphatic heterocycles. The second-order valence-corrected chi connectivity index (χ2v) is 7.09. The smallest absolute Gasteiger partial charge is 0.344 e. The Morgan fingerprint density at radius 3 is 2.27 bits per heavy atom. The minimum Gasteiger partial charge on any atom is -0.482 e. The topological polar surface area (TPSA) is 99.0 Å². The molecular formula is C22H24N2O6. The number of esters is 1. The molecule has 158 valence electrons. The van der Waals surface area contributed by atoms with Crippen LogP contribution in [-0.2, 0) is 14.3 Å². The Labute approximate surface area is 174 Å². The lowest BCUT2D eigenvalue weighted by molar-refractivity contribution is -0.384. The molecule has 2 aromatic carbocycles. The van der Waals surface area contributed by atoms with Crippen LogP contribution in [0, 0.1) is 10.1 Å². The number of nitro benzene ring substituents is 1. The number of nitrogens with zero attached hydrogens (tertiary/aromatic N) is 2. The maximum absolute atomic E-state index is 12.9. The normalized spacial score (nSPS) is 14.0. The summed E-state index contributed by atoms with van der Waals surface area (Å²) in [6.07, 6.45) is 5.17. The van der Waals surface area contributed by atoms with Crippen LogP contribution in [0.4, 0.5) is 11.4 Å². The van der Waals surface area contributed by atoms with Crippen molar-refractivity contribution in [2.24, 2.45) is 0 Å². The molecule has 0 heterocycles. The average molecular weight is 412 g/mol. The second kappa shape index (κ2) is 10.4. The summed E-state index contributed by atoms with van der Waals surface area (Å²) >= 11 is 0. The molecule has 1 fully saturated rings. The first-order valence-corrected chi connectivity index (χ1v) is 9.94. The maximum Gasteiger partial charge on any atom is 0.344 e. The Balaban J connectivity index is 1.54. The van der Waals surface area contributed by atoms with E-state index in [-0.39, 0.29) is 30.9 Å². The first-order valence-electron chi connectivity index (χ1n) is 9.94. The number of non-ortho nitro benzene ring substituents is 1. The van der Waals surface area contributed by atoms with Crippen molar-refractivity contribution in [3.05, 3.63) is 64.7 Å². The molecule has 1 aliphatic rings. The Morgan fingerprint density at radius 2 is 1.63 bits per heavy atom. The molecule has 8 heteroatoms. The predicted octanol–water partition coefficient (Wildman–Crippen LogP) is 3.88. The number of hydrogen-bond donors (Lipinski definition) is 0. The highest BCUT2D eigenvalue weighted by Crippen LogP contribution is 2.27. The van der Waals surface area contributed by atoms with Gasteiger partial charge in [-0.25, -0.2) is 4.79 Å². The van der Waals surface area contributed by atoms with E-state index in [4.69, 9.17) is 9.47 Å². The summed E-state index contributed by atoms with van der Waals surface area (Å²) in [6, 6.07) is 14.9. The van der Waals surface area contributed by atoms with Crippen molar-refractivity contribution in [1.82, 2.24) is 0 Å². The Bertz CT molecular complexity index is 863. The summed E-state index contributed by atoms with van der Waals surface area (Å²) in [6.45, 7) is -0.756. The third kappa shape index (κ3) is 5.79. The molecule has 1 aliphatic carbocycles. The molecule has 0 saturated heterocycles. The lowest BCUT2D eigenvalue weighted by Gasteiger charge is -2.34. The van der Waals surface area contributed by atoms with Gasteiger partial charge in [0.05, 0.1) is 4.92 Å². The van der Waals surface area contributed by atoms with E-state index in [9.17, 15) is 19.7 Å². The summed E-state index contributed by atoms with van der Waals surface area (Å²) in [5, 5.41) is 10.7. The molecule has 8 nitrogen and oxygen atoms in total. The van der Waals surface area contributed by atoms with Crippen LogP contribution >= 0.6 is 0 Å². The molecule has 0 bridgehead atoms. The first-order chi connectivity index (χ1) is 14.5. The molecule has 0 unspecified atom stereocenters. The van der Waals surface area contributed by atoms with Crippen molar-refractivity contribution < 1.29 is 24.0 Å². The lowest BCUT2D eigenvalue weighted by Crippen LogP contribution is -2.44. The SMILES string of the molecule is O=C(COc1ccc([N+](=O)[O-])cc1)OCC(=O)N(c1ccccc1)C1CCCCC1. The van der Waals surface area contributed by atoms with E-state index in [0.29, 0.717) is 5.75 Å². The van der Waals surface area contributed by atoms with Crippen molar-refractivity contribution in [3.8, 4) is 5.75 Å². The van der Waals surface area contributed by atoms with E-state index < -0.39 is 10.9 Å². The molecule has 1 amide bonds. The van der Waals surface area contributed by atoms with Crippen LogP contribution < -0.4 is 9.64 Å². The van der Waals surface area contributed by atoms with Gasteiger partial charge in [-0.15, -0.1) is 0 Å². The number of carbonyl (C=O) groups is 2. The van der Waals surface area contributed by atoms with Gasteiger partial charge in [-0.3, -0.25) is 14.9 Å². The number of hydrogen-bond acceptors (Lipinski definition) is 6. The third-order valence-corrected chi connectivity index (χ3v) is 5.00. The van der Waals surface area contributed by atoms with Crippen LogP contribution in [0.15, 0.2) is 54.6 Å². The van der Waals surface area contributed by atoms with Crippen molar-refractivity contribution in [3.63, 3.8) is 0 Å². The van der Waals surface area contributed by atoms with Crippen LogP contribution in [0.2, 0.25) is 0 Å². The van der Waals surface area contributed by atoms with Crippen LogP contribution in [-0.4, -0.2) is 36.1 Å². The van der Waals surface area contributed by atoms with Gasteiger partial charge in [-0.05, 0) is 37.1 Å². The van der Waals surface area contributed by atoms with Gasteiger partial charge >= 0.3 is 5.97 Å². The lowest BCUT2D eigenvalue weighted by atomic mass is 9.93. The summed E-state index contributed by atoms with van der Waals surface area (Å²) in [5.41, 5.74) is 0.729. The number of amides is 1. The van der Waals surface area contributed by atoms with Gasteiger partial charge < -0.3 is 14.4 Å². The van der Waals surface area contributed by atoms with Gasteiger partial charge in [-0.2, -0.15) is 0 Å². The van der Waals surface area contributed by atoms with Crippen LogP contribution in [0.1, 0.15) is 32.1 Å². The zero-order valence-electron chi connectivity index (χ0n) is 16.6. The fourth-order valence-corrected chi connectivity index (χ4v) is 3.55. The number of nitro groups is 1. The standard InChI is InChI=1S/C22H24N2O6/c25-21(23(17-7-3-1-4-8-17)18-9-5-2-6-10-18)15-30-22(26)16-29-20-13-11-19(12-14-20)24(27)28/h1,3-4,7-8,11-14,18H,2,5-6,9-10,15-16H2. The van der Waals surface area contributed by atoms with Gasteiger partial charge in [0.2, 0.25) is 0 Å². The summed E-state index contributed by atoms with van der Waals surface area (Å²) < 4.78 is 10.4. The molecule has 0 N–H and O–H groups in total. The highest BCUT2D eigenvalue weighted by molar-refractivity contribution is 5.95. The number of benzene rings is 2. The monoisotopic (exact) mass is 412 g/mol. The molecule has 0 radical (unpaired) electrons. The van der Waals surface area contributed by atoms with E-state index >= 15 is 0 Å². The van der Waals surface area contributed by atoms with Crippen molar-refractivity contribution >= 4 is 23.3 Å². The molecule has 30 heavy (non-hydrogen) atoms. The quantitative estimate of drug-likeness (QED) is 0.371. The van der Waals surface area contributed by atoms with E-state index in [0.717, 1.165) is 31.4 Å². The van der Waals surface area contributed by atoms with Gasteiger partial charge in [0, 0.05) is 23.9 Å². The zero-order chi connectivity index (χ0) is 21.3. The third-order valence-electron chi connectivity index (χ3n) is 5.00. The number of anilines is 1. The van der Waals surface area contributed by atoms with Crippen LogP contribution in [0.5, 0.6) is 5.75 Å². The highest BCUT2D eigenvalue weighted by Gasteiger charge is 2.27. The van der Waals surface area contributed by atoms with E-state index in [2.05, 4.69) is 0 Å². The van der Waals surface area contributed by atoms with Gasteiger partial charge in [0.15, 0.2) is 13.2 Å². The number of para-hydroxylation sites is 1. The summed E-state index contributed by atoms with van der Waals surface area (Å²) in [4.78, 5) is 36.7. The summed E-state index contributed by atoms with van der Waals surface area (Å²) in [5.74, 6) is -0.646. The van der Waals surface area contributed by atoms with Crippen LogP contribution in [0.3, 0.4) is 0 Å². The van der Waals surface area contributed by atoms with E-state index in [1.807, 2.05) is 30.3 Å². The highest BCUT2D eigenvalue weighted by atomic mass is 16.6. The van der Waals surface area contributed by atoms with Gasteiger partial charge in [-0.1, -0.05) is 37.5 Å². The van der Waals surface area contributed by atoms with Crippen molar-refractivity contribution in [2.75, 3.05) is 18.1 Å². The Hall–Kier alpha value is -3.42. The number of rotatable bonds is 8. The fraction of sp³-hybridized carbons (Fsp3) is 0.364. The summed E-state index contributed by atoms with van der Waals surface area (Å²) in [7, 11) is 0. The molecule has 0 spiro atoms. The molecule has 1 saturated carbocycles. The molecule has 0 aromatic heterocycles.